The number of hydrogen-bond acceptors (Lipinski definition) is 5. The number of amides is 1. The van der Waals surface area contributed by atoms with E-state index in [9.17, 15) is 9.18 Å². The number of thiazole rings is 1. The van der Waals surface area contributed by atoms with Crippen LogP contribution in [-0.4, -0.2) is 24.1 Å². The van der Waals surface area contributed by atoms with Gasteiger partial charge in [0.25, 0.3) is 0 Å². The van der Waals surface area contributed by atoms with Crippen molar-refractivity contribution in [2.45, 2.75) is 32.3 Å². The maximum absolute atomic E-state index is 13.2. The van der Waals surface area contributed by atoms with Crippen LogP contribution < -0.4 is 14.8 Å². The average Bonchev–Trinajstić information content (AvgIpc) is 2.98. The van der Waals surface area contributed by atoms with Gasteiger partial charge in [-0.1, -0.05) is 6.92 Å². The van der Waals surface area contributed by atoms with Crippen LogP contribution in [0.15, 0.2) is 23.6 Å². The number of halogens is 1. The van der Waals surface area contributed by atoms with E-state index in [-0.39, 0.29) is 23.7 Å². The van der Waals surface area contributed by atoms with Crippen LogP contribution in [0.4, 0.5) is 9.52 Å². The zero-order valence-corrected chi connectivity index (χ0v) is 14.4. The van der Waals surface area contributed by atoms with Gasteiger partial charge in [-0.25, -0.2) is 9.37 Å². The number of hydrogen-bond donors (Lipinski definition) is 1. The lowest BCUT2D eigenvalue weighted by Gasteiger charge is -2.34. The molecule has 1 aliphatic carbocycles. The Balaban J connectivity index is 1.51. The van der Waals surface area contributed by atoms with Gasteiger partial charge < -0.3 is 14.8 Å². The highest BCUT2D eigenvalue weighted by atomic mass is 32.1. The largest absolute Gasteiger partial charge is 0.493 e. The van der Waals surface area contributed by atoms with Crippen LogP contribution in [0.25, 0.3) is 0 Å². The van der Waals surface area contributed by atoms with Gasteiger partial charge in [0.1, 0.15) is 11.9 Å². The Morgan fingerprint density at radius 3 is 2.88 bits per heavy atom. The molecule has 24 heavy (non-hydrogen) atoms. The molecule has 1 heterocycles. The van der Waals surface area contributed by atoms with Crippen LogP contribution in [0, 0.1) is 11.7 Å². The summed E-state index contributed by atoms with van der Waals surface area (Å²) in [7, 11) is 1.47. The number of carbonyl (C=O) groups is 1. The molecule has 1 amide bonds. The zero-order valence-electron chi connectivity index (χ0n) is 13.5. The molecule has 2 aromatic rings. The number of benzene rings is 1. The summed E-state index contributed by atoms with van der Waals surface area (Å²) in [5.41, 5.74) is 0.980. The van der Waals surface area contributed by atoms with Crippen molar-refractivity contribution in [3.05, 3.63) is 35.1 Å². The Bertz CT molecular complexity index is 728. The van der Waals surface area contributed by atoms with Crippen LogP contribution >= 0.6 is 11.3 Å². The second-order valence-electron chi connectivity index (χ2n) is 5.69. The quantitative estimate of drug-likeness (QED) is 0.864. The molecule has 128 valence electrons. The lowest BCUT2D eigenvalue weighted by Crippen LogP contribution is -2.40. The third-order valence-electron chi connectivity index (χ3n) is 4.03. The summed E-state index contributed by atoms with van der Waals surface area (Å²) >= 11 is 1.44. The van der Waals surface area contributed by atoms with Gasteiger partial charge in [0.2, 0.25) is 5.91 Å². The number of rotatable bonds is 6. The number of nitrogens with zero attached hydrogens (tertiary/aromatic N) is 1. The number of methoxy groups -OCH3 is 1. The molecule has 1 aromatic carbocycles. The van der Waals surface area contributed by atoms with Crippen LogP contribution in [0.3, 0.4) is 0 Å². The van der Waals surface area contributed by atoms with E-state index < -0.39 is 0 Å². The summed E-state index contributed by atoms with van der Waals surface area (Å²) in [6.45, 7) is 2.03. The predicted molar refractivity (Wildman–Crippen MR) is 90.2 cm³/mol. The minimum atomic E-state index is -0.375. The Morgan fingerprint density at radius 1 is 1.42 bits per heavy atom. The molecule has 7 heteroatoms. The van der Waals surface area contributed by atoms with E-state index >= 15 is 0 Å². The summed E-state index contributed by atoms with van der Waals surface area (Å²) in [5, 5.41) is 5.44. The second-order valence-corrected chi connectivity index (χ2v) is 6.55. The standard InChI is InChI=1S/C17H19FN2O3S/c1-3-12-9-24-17(19-12)20-16(21)10-6-13(7-10)23-14-5-4-11(18)8-15(14)22-2/h4-5,8-10,13H,3,6-7H2,1-2H3,(H,19,20,21). The molecule has 1 saturated carbocycles. The first-order valence-corrected chi connectivity index (χ1v) is 8.72. The van der Waals surface area contributed by atoms with E-state index in [2.05, 4.69) is 10.3 Å². The van der Waals surface area contributed by atoms with Gasteiger partial charge >= 0.3 is 0 Å². The topological polar surface area (TPSA) is 60.5 Å². The Kier molecular flexibility index (Phi) is 4.99. The fourth-order valence-electron chi connectivity index (χ4n) is 2.53. The van der Waals surface area contributed by atoms with Crippen LogP contribution in [0.2, 0.25) is 0 Å². The summed E-state index contributed by atoms with van der Waals surface area (Å²) in [4.78, 5) is 16.5. The minimum Gasteiger partial charge on any atom is -0.493 e. The molecule has 0 spiro atoms. The smallest absolute Gasteiger partial charge is 0.229 e. The van der Waals surface area contributed by atoms with Crippen molar-refractivity contribution in [2.75, 3.05) is 12.4 Å². The van der Waals surface area contributed by atoms with Gasteiger partial charge in [-0.05, 0) is 31.4 Å². The molecular weight excluding hydrogens is 331 g/mol. The average molecular weight is 350 g/mol. The van der Waals surface area contributed by atoms with E-state index in [1.807, 2.05) is 12.3 Å². The first-order valence-electron chi connectivity index (χ1n) is 7.84. The molecule has 0 atom stereocenters. The predicted octanol–water partition coefficient (Wildman–Crippen LogP) is 3.65. The molecular formula is C17H19FN2O3S. The lowest BCUT2D eigenvalue weighted by atomic mass is 9.81. The SMILES string of the molecule is CCc1csc(NC(=O)C2CC(Oc3ccc(F)cc3OC)C2)n1. The molecule has 3 rings (SSSR count). The molecule has 0 unspecified atom stereocenters. The fraction of sp³-hybridized carbons (Fsp3) is 0.412. The highest BCUT2D eigenvalue weighted by Crippen LogP contribution is 2.36. The monoisotopic (exact) mass is 350 g/mol. The molecule has 1 fully saturated rings. The van der Waals surface area contributed by atoms with Crippen LogP contribution in [0.5, 0.6) is 11.5 Å². The van der Waals surface area contributed by atoms with Crippen molar-refractivity contribution in [1.29, 1.82) is 0 Å². The molecule has 1 aromatic heterocycles. The summed E-state index contributed by atoms with van der Waals surface area (Å²) in [5.74, 6) is 0.362. The fourth-order valence-corrected chi connectivity index (χ4v) is 3.33. The molecule has 0 saturated heterocycles. The van der Waals surface area contributed by atoms with Crippen molar-refractivity contribution in [3.8, 4) is 11.5 Å². The minimum absolute atomic E-state index is 0.0297. The molecule has 0 radical (unpaired) electrons. The third-order valence-corrected chi connectivity index (χ3v) is 4.84. The first kappa shape index (κ1) is 16.7. The molecule has 1 aliphatic rings. The molecule has 0 bridgehead atoms. The van der Waals surface area contributed by atoms with Crippen molar-refractivity contribution < 1.29 is 18.7 Å². The highest BCUT2D eigenvalue weighted by Gasteiger charge is 2.36. The van der Waals surface area contributed by atoms with E-state index in [0.29, 0.717) is 29.5 Å². The van der Waals surface area contributed by atoms with Gasteiger partial charge in [-0.2, -0.15) is 0 Å². The highest BCUT2D eigenvalue weighted by molar-refractivity contribution is 7.13. The summed E-state index contributed by atoms with van der Waals surface area (Å²) in [6, 6.07) is 4.16. The van der Waals surface area contributed by atoms with Crippen LogP contribution in [-0.2, 0) is 11.2 Å². The number of ether oxygens (including phenoxy) is 2. The number of aryl methyl sites for hydroxylation is 1. The summed E-state index contributed by atoms with van der Waals surface area (Å²) < 4.78 is 24.1. The van der Waals surface area contributed by atoms with Gasteiger partial charge in [-0.15, -0.1) is 11.3 Å². The Labute approximate surface area is 143 Å². The molecule has 0 aliphatic heterocycles. The normalized spacial score (nSPS) is 19.5. The summed E-state index contributed by atoms with van der Waals surface area (Å²) in [6.07, 6.45) is 2.03. The zero-order chi connectivity index (χ0) is 17.1. The van der Waals surface area contributed by atoms with E-state index in [1.54, 1.807) is 6.07 Å². The van der Waals surface area contributed by atoms with E-state index in [0.717, 1.165) is 12.1 Å². The van der Waals surface area contributed by atoms with Crippen molar-refractivity contribution in [3.63, 3.8) is 0 Å². The Morgan fingerprint density at radius 2 is 2.21 bits per heavy atom. The first-order chi connectivity index (χ1) is 11.6. The van der Waals surface area contributed by atoms with E-state index in [1.165, 1.54) is 30.6 Å². The number of carbonyl (C=O) groups excluding carboxylic acids is 1. The Hall–Kier alpha value is -2.15. The second kappa shape index (κ2) is 7.17. The van der Waals surface area contributed by atoms with Gasteiger partial charge in [0.15, 0.2) is 16.6 Å². The molecule has 1 N–H and O–H groups in total. The van der Waals surface area contributed by atoms with Crippen LogP contribution in [0.1, 0.15) is 25.5 Å². The molecule has 5 nitrogen and oxygen atoms in total. The van der Waals surface area contributed by atoms with Crippen molar-refractivity contribution >= 4 is 22.4 Å². The van der Waals surface area contributed by atoms with Crippen molar-refractivity contribution in [1.82, 2.24) is 4.98 Å². The van der Waals surface area contributed by atoms with Gasteiger partial charge in [-0.3, -0.25) is 4.79 Å². The number of aromatic nitrogens is 1. The van der Waals surface area contributed by atoms with Gasteiger partial charge in [0.05, 0.1) is 12.8 Å². The lowest BCUT2D eigenvalue weighted by molar-refractivity contribution is -0.125. The van der Waals surface area contributed by atoms with Gasteiger partial charge in [0, 0.05) is 17.4 Å². The maximum Gasteiger partial charge on any atom is 0.229 e. The number of nitrogens with one attached hydrogen (secondary N) is 1. The number of anilines is 1. The van der Waals surface area contributed by atoms with E-state index in [4.69, 9.17) is 9.47 Å². The van der Waals surface area contributed by atoms with Crippen molar-refractivity contribution in [2.24, 2.45) is 5.92 Å². The third kappa shape index (κ3) is 3.67. The maximum atomic E-state index is 13.2.